The van der Waals surface area contributed by atoms with E-state index in [1.807, 2.05) is 0 Å². The highest BCUT2D eigenvalue weighted by molar-refractivity contribution is 9.10. The highest BCUT2D eigenvalue weighted by Crippen LogP contribution is 2.43. The van der Waals surface area contributed by atoms with Crippen molar-refractivity contribution in [1.82, 2.24) is 4.98 Å². The molecule has 0 amide bonds. The third-order valence-corrected chi connectivity index (χ3v) is 4.63. The van der Waals surface area contributed by atoms with E-state index in [0.29, 0.717) is 19.4 Å². The lowest BCUT2D eigenvalue weighted by atomic mass is 10.1. The number of aromatic nitrogens is 1. The number of anilines is 1. The molecule has 0 N–H and O–H groups in total. The van der Waals surface area contributed by atoms with Crippen LogP contribution in [0.3, 0.4) is 0 Å². The molecule has 1 atom stereocenters. The van der Waals surface area contributed by atoms with Crippen LogP contribution in [-0.2, 0) is 11.0 Å². The third-order valence-electron chi connectivity index (χ3n) is 3.74. The summed E-state index contributed by atoms with van der Waals surface area (Å²) >= 11 is 8.89. The van der Waals surface area contributed by atoms with Gasteiger partial charge in [0, 0.05) is 6.54 Å². The SMILES string of the molecule is CC1C(C=O)=NCCN1c1nc2c(C(F)(F)F)c(Cl)cc(Br)c2o1. The van der Waals surface area contributed by atoms with E-state index in [4.69, 9.17) is 16.0 Å². The van der Waals surface area contributed by atoms with E-state index in [-0.39, 0.29) is 27.3 Å². The summed E-state index contributed by atoms with van der Waals surface area (Å²) in [4.78, 5) is 20.7. The van der Waals surface area contributed by atoms with E-state index in [1.165, 1.54) is 0 Å². The summed E-state index contributed by atoms with van der Waals surface area (Å²) < 4.78 is 45.7. The largest absolute Gasteiger partial charge is 0.422 e. The predicted octanol–water partition coefficient (Wildman–Crippen LogP) is 4.11. The van der Waals surface area contributed by atoms with Crippen LogP contribution in [0.2, 0.25) is 5.02 Å². The normalized spacial score (nSPS) is 18.8. The Morgan fingerprint density at radius 1 is 1.50 bits per heavy atom. The smallest absolute Gasteiger partial charge is 0.420 e. The number of benzene rings is 1. The Hall–Kier alpha value is -1.61. The number of halogens is 5. The van der Waals surface area contributed by atoms with Gasteiger partial charge in [-0.25, -0.2) is 0 Å². The molecular weight excluding hydrogens is 415 g/mol. The van der Waals surface area contributed by atoms with Crippen LogP contribution in [0, 0.1) is 0 Å². The molecule has 0 saturated carbocycles. The maximum Gasteiger partial charge on any atom is 0.420 e. The van der Waals surface area contributed by atoms with E-state index in [0.717, 1.165) is 6.07 Å². The number of hydrogen-bond donors (Lipinski definition) is 0. The molecule has 5 nitrogen and oxygen atoms in total. The van der Waals surface area contributed by atoms with Crippen LogP contribution in [0.1, 0.15) is 12.5 Å². The van der Waals surface area contributed by atoms with E-state index < -0.39 is 22.8 Å². The Morgan fingerprint density at radius 3 is 2.83 bits per heavy atom. The highest BCUT2D eigenvalue weighted by Gasteiger charge is 2.38. The summed E-state index contributed by atoms with van der Waals surface area (Å²) in [6, 6.07) is 0.660. The molecule has 1 aromatic carbocycles. The quantitative estimate of drug-likeness (QED) is 0.681. The summed E-state index contributed by atoms with van der Waals surface area (Å²) in [5.74, 6) is 0. The second-order valence-electron chi connectivity index (χ2n) is 5.18. The number of carbonyl (C=O) groups is 1. The lowest BCUT2D eigenvalue weighted by Crippen LogP contribution is -2.45. The van der Waals surface area contributed by atoms with Crippen LogP contribution in [-0.4, -0.2) is 36.1 Å². The fourth-order valence-corrected chi connectivity index (χ4v) is 3.50. The number of carbonyl (C=O) groups excluding carboxylic acids is 1. The van der Waals surface area contributed by atoms with Gasteiger partial charge in [-0.1, -0.05) is 11.6 Å². The molecule has 0 bridgehead atoms. The molecule has 10 heteroatoms. The van der Waals surface area contributed by atoms with Crippen molar-refractivity contribution in [1.29, 1.82) is 0 Å². The molecule has 0 fully saturated rings. The molecule has 128 valence electrons. The molecule has 0 spiro atoms. The molecule has 1 unspecified atom stereocenters. The Morgan fingerprint density at radius 2 is 2.21 bits per heavy atom. The van der Waals surface area contributed by atoms with E-state index >= 15 is 0 Å². The molecule has 0 radical (unpaired) electrons. The van der Waals surface area contributed by atoms with Gasteiger partial charge in [0.05, 0.1) is 27.8 Å². The monoisotopic (exact) mass is 423 g/mol. The molecule has 0 aliphatic carbocycles. The van der Waals surface area contributed by atoms with Gasteiger partial charge in [-0.3, -0.25) is 9.79 Å². The molecule has 24 heavy (non-hydrogen) atoms. The van der Waals surface area contributed by atoms with Crippen molar-refractivity contribution in [2.24, 2.45) is 4.99 Å². The molecule has 3 rings (SSSR count). The van der Waals surface area contributed by atoms with E-state index in [1.54, 1.807) is 11.8 Å². The zero-order chi connectivity index (χ0) is 17.6. The minimum absolute atomic E-state index is 0.0137. The summed E-state index contributed by atoms with van der Waals surface area (Å²) in [6.45, 7) is 2.40. The Kier molecular flexibility index (Phi) is 4.33. The van der Waals surface area contributed by atoms with Crippen LogP contribution in [0.25, 0.3) is 11.1 Å². The van der Waals surface area contributed by atoms with Crippen molar-refractivity contribution >= 4 is 56.6 Å². The molecular formula is C14H10BrClF3N3O2. The maximum absolute atomic E-state index is 13.3. The van der Waals surface area contributed by atoms with Gasteiger partial charge < -0.3 is 9.32 Å². The molecule has 1 aliphatic rings. The number of fused-ring (bicyclic) bond motifs is 1. The van der Waals surface area contributed by atoms with Crippen LogP contribution in [0.5, 0.6) is 0 Å². The van der Waals surface area contributed by atoms with Crippen molar-refractivity contribution in [2.75, 3.05) is 18.0 Å². The van der Waals surface area contributed by atoms with Gasteiger partial charge in [0.25, 0.3) is 6.01 Å². The van der Waals surface area contributed by atoms with E-state index in [2.05, 4.69) is 25.9 Å². The molecule has 2 heterocycles. The number of alkyl halides is 3. The van der Waals surface area contributed by atoms with Crippen LogP contribution in [0.15, 0.2) is 19.9 Å². The van der Waals surface area contributed by atoms with Crippen LogP contribution in [0.4, 0.5) is 19.2 Å². The van der Waals surface area contributed by atoms with Gasteiger partial charge in [0.1, 0.15) is 11.1 Å². The minimum Gasteiger partial charge on any atom is -0.422 e. The van der Waals surface area contributed by atoms with Crippen LogP contribution >= 0.6 is 27.5 Å². The first kappa shape index (κ1) is 17.2. The second-order valence-corrected chi connectivity index (χ2v) is 6.44. The summed E-state index contributed by atoms with van der Waals surface area (Å²) in [5, 5.41) is -0.469. The summed E-state index contributed by atoms with van der Waals surface area (Å²) in [6.07, 6.45) is -4.06. The standard InChI is InChI=1S/C14H10BrClF3N3O2/c1-6-9(5-23)20-2-3-22(6)13-21-11-10(14(17,18)19)8(16)4-7(15)12(11)24-13/h4-6H,2-3H2,1H3. The molecule has 2 aromatic rings. The number of oxazole rings is 1. The zero-order valence-electron chi connectivity index (χ0n) is 12.2. The number of aldehydes is 1. The Bertz CT molecular complexity index is 850. The number of rotatable bonds is 2. The van der Waals surface area contributed by atoms with Crippen molar-refractivity contribution in [2.45, 2.75) is 19.1 Å². The highest BCUT2D eigenvalue weighted by atomic mass is 79.9. The number of nitrogens with zero attached hydrogens (tertiary/aromatic N) is 3. The lowest BCUT2D eigenvalue weighted by molar-refractivity contribution is -0.136. The zero-order valence-corrected chi connectivity index (χ0v) is 14.5. The molecule has 0 saturated heterocycles. The van der Waals surface area contributed by atoms with Gasteiger partial charge in [-0.2, -0.15) is 18.2 Å². The molecule has 1 aromatic heterocycles. The average molecular weight is 425 g/mol. The molecule has 1 aliphatic heterocycles. The van der Waals surface area contributed by atoms with Crippen molar-refractivity contribution in [3.8, 4) is 0 Å². The second kappa shape index (κ2) is 6.03. The van der Waals surface area contributed by atoms with E-state index in [9.17, 15) is 18.0 Å². The van der Waals surface area contributed by atoms with Gasteiger partial charge in [-0.05, 0) is 28.9 Å². The first-order valence-electron chi connectivity index (χ1n) is 6.86. The first-order chi connectivity index (χ1) is 11.2. The van der Waals surface area contributed by atoms with Crippen molar-refractivity contribution < 1.29 is 22.4 Å². The summed E-state index contributed by atoms with van der Waals surface area (Å²) in [5.41, 5.74) is -1.19. The third kappa shape index (κ3) is 2.79. The lowest BCUT2D eigenvalue weighted by Gasteiger charge is -2.29. The Balaban J connectivity index is 2.17. The average Bonchev–Trinajstić information content (AvgIpc) is 2.90. The summed E-state index contributed by atoms with van der Waals surface area (Å²) in [7, 11) is 0. The van der Waals surface area contributed by atoms with Gasteiger partial charge in [0.2, 0.25) is 0 Å². The van der Waals surface area contributed by atoms with Gasteiger partial charge >= 0.3 is 6.18 Å². The van der Waals surface area contributed by atoms with Crippen molar-refractivity contribution in [3.05, 3.63) is 21.1 Å². The minimum atomic E-state index is -4.67. The van der Waals surface area contributed by atoms with Gasteiger partial charge in [-0.15, -0.1) is 0 Å². The maximum atomic E-state index is 13.3. The van der Waals surface area contributed by atoms with Crippen molar-refractivity contribution in [3.63, 3.8) is 0 Å². The Labute approximate surface area is 147 Å². The topological polar surface area (TPSA) is 58.7 Å². The first-order valence-corrected chi connectivity index (χ1v) is 8.03. The number of hydrogen-bond acceptors (Lipinski definition) is 5. The predicted molar refractivity (Wildman–Crippen MR) is 86.9 cm³/mol. The number of aliphatic imine (C=N–C) groups is 1. The fourth-order valence-electron chi connectivity index (χ4n) is 2.56. The van der Waals surface area contributed by atoms with Crippen LogP contribution < -0.4 is 4.90 Å². The van der Waals surface area contributed by atoms with Gasteiger partial charge in [0.15, 0.2) is 11.9 Å². The fraction of sp³-hybridized carbons (Fsp3) is 0.357.